The zero-order valence-electron chi connectivity index (χ0n) is 14.2. The van der Waals surface area contributed by atoms with E-state index < -0.39 is 48.8 Å². The minimum atomic E-state index is -4.28. The minimum absolute atomic E-state index is 0.111. The number of likely N-dealkylation sites (tertiary alicyclic amines) is 1. The van der Waals surface area contributed by atoms with Crippen LogP contribution in [-0.4, -0.2) is 77.6 Å². The molecule has 1 aliphatic heterocycles. The summed E-state index contributed by atoms with van der Waals surface area (Å²) in [6.07, 6.45) is -3.65. The van der Waals surface area contributed by atoms with E-state index in [0.29, 0.717) is 4.90 Å². The van der Waals surface area contributed by atoms with Crippen LogP contribution >= 0.6 is 7.60 Å². The SMILES string of the molecule is COC(=O)[C@@]1(P(=O)(OC)OC)CC[C@H](O)[C@H](O)[C@H]1N1C(=O)CCC1=O. The lowest BCUT2D eigenvalue weighted by Crippen LogP contribution is -2.68. The Kier molecular flexibility index (Phi) is 5.70. The van der Waals surface area contributed by atoms with E-state index in [9.17, 15) is 29.2 Å². The fraction of sp³-hybridized carbons (Fsp3) is 0.786. The van der Waals surface area contributed by atoms with Crippen molar-refractivity contribution < 1.29 is 42.9 Å². The smallest absolute Gasteiger partial charge is 0.349 e. The maximum absolute atomic E-state index is 13.3. The summed E-state index contributed by atoms with van der Waals surface area (Å²) in [5.41, 5.74) is 0. The molecular weight excluding hydrogens is 357 g/mol. The van der Waals surface area contributed by atoms with Gasteiger partial charge < -0.3 is 24.0 Å². The Morgan fingerprint density at radius 1 is 1.16 bits per heavy atom. The number of amides is 2. The van der Waals surface area contributed by atoms with Crippen molar-refractivity contribution in [3.05, 3.63) is 0 Å². The summed E-state index contributed by atoms with van der Waals surface area (Å²) >= 11 is 0. The summed E-state index contributed by atoms with van der Waals surface area (Å²) in [5.74, 6) is -2.34. The van der Waals surface area contributed by atoms with Crippen LogP contribution in [0.15, 0.2) is 0 Å². The number of carbonyl (C=O) groups excluding carboxylic acids is 3. The maximum Gasteiger partial charge on any atom is 0.349 e. The summed E-state index contributed by atoms with van der Waals surface area (Å²) in [4.78, 5) is 37.8. The molecule has 2 fully saturated rings. The van der Waals surface area contributed by atoms with E-state index in [4.69, 9.17) is 13.8 Å². The molecule has 11 heteroatoms. The van der Waals surface area contributed by atoms with Crippen LogP contribution in [-0.2, 0) is 32.7 Å². The second-order valence-corrected chi connectivity index (χ2v) is 8.50. The standard InChI is InChI=1S/C14H22NO9P/c1-22-13(20)14(25(21,23-2)24-3)7-6-8(16)11(19)12(14)15-9(17)4-5-10(15)18/h8,11-12,16,19H,4-7H2,1-3H3/t8-,11-,12+,14+/m0/s1. The minimum Gasteiger partial charge on any atom is -0.468 e. The lowest BCUT2D eigenvalue weighted by Gasteiger charge is -2.49. The largest absolute Gasteiger partial charge is 0.468 e. The molecule has 2 amide bonds. The van der Waals surface area contributed by atoms with Crippen molar-refractivity contribution in [1.82, 2.24) is 4.90 Å². The van der Waals surface area contributed by atoms with Crippen LogP contribution in [0, 0.1) is 0 Å². The number of methoxy groups -OCH3 is 1. The van der Waals surface area contributed by atoms with Gasteiger partial charge in [0.2, 0.25) is 11.8 Å². The molecule has 10 nitrogen and oxygen atoms in total. The number of hydrogen-bond donors (Lipinski definition) is 2. The molecule has 25 heavy (non-hydrogen) atoms. The Morgan fingerprint density at radius 2 is 1.68 bits per heavy atom. The number of hydrogen-bond acceptors (Lipinski definition) is 9. The van der Waals surface area contributed by atoms with Crippen LogP contribution in [0.1, 0.15) is 25.7 Å². The lowest BCUT2D eigenvalue weighted by atomic mass is 9.78. The van der Waals surface area contributed by atoms with E-state index in [1.807, 2.05) is 0 Å². The molecule has 2 N–H and O–H groups in total. The highest BCUT2D eigenvalue weighted by Gasteiger charge is 2.69. The fourth-order valence-corrected chi connectivity index (χ4v) is 5.77. The quantitative estimate of drug-likeness (QED) is 0.365. The molecule has 2 aliphatic rings. The van der Waals surface area contributed by atoms with E-state index >= 15 is 0 Å². The Bertz CT molecular complexity index is 599. The average molecular weight is 379 g/mol. The van der Waals surface area contributed by atoms with Crippen molar-refractivity contribution in [2.45, 2.75) is 49.1 Å². The number of nitrogens with zero attached hydrogens (tertiary/aromatic N) is 1. The third-order valence-corrected chi connectivity index (χ3v) is 7.51. The van der Waals surface area contributed by atoms with E-state index in [-0.39, 0.29) is 25.7 Å². The normalized spacial score (nSPS) is 33.6. The first kappa shape index (κ1) is 20.0. The zero-order valence-corrected chi connectivity index (χ0v) is 15.1. The van der Waals surface area contributed by atoms with Crippen molar-refractivity contribution in [3.8, 4) is 0 Å². The number of aliphatic hydroxyl groups is 2. The van der Waals surface area contributed by atoms with Gasteiger partial charge in [-0.15, -0.1) is 0 Å². The predicted octanol–water partition coefficient (Wildman–Crippen LogP) is -0.583. The van der Waals surface area contributed by atoms with Gasteiger partial charge in [0.1, 0.15) is 6.10 Å². The van der Waals surface area contributed by atoms with E-state index in [1.165, 1.54) is 0 Å². The van der Waals surface area contributed by atoms with Gasteiger partial charge in [-0.3, -0.25) is 23.8 Å². The molecule has 0 spiro atoms. The van der Waals surface area contributed by atoms with Crippen molar-refractivity contribution in [2.24, 2.45) is 0 Å². The molecule has 1 heterocycles. The summed E-state index contributed by atoms with van der Waals surface area (Å²) in [7, 11) is -1.13. The van der Waals surface area contributed by atoms with Crippen molar-refractivity contribution in [2.75, 3.05) is 21.3 Å². The van der Waals surface area contributed by atoms with E-state index in [0.717, 1.165) is 21.3 Å². The van der Waals surface area contributed by atoms with Crippen molar-refractivity contribution >= 4 is 25.4 Å². The molecule has 1 aliphatic carbocycles. The fourth-order valence-electron chi connectivity index (χ4n) is 3.66. The monoisotopic (exact) mass is 379 g/mol. The topological polar surface area (TPSA) is 140 Å². The van der Waals surface area contributed by atoms with Gasteiger partial charge in [-0.05, 0) is 12.8 Å². The summed E-state index contributed by atoms with van der Waals surface area (Å²) in [6, 6.07) is -1.63. The molecule has 0 bridgehead atoms. The lowest BCUT2D eigenvalue weighted by molar-refractivity contribution is -0.162. The van der Waals surface area contributed by atoms with Crippen LogP contribution < -0.4 is 0 Å². The molecule has 0 radical (unpaired) electrons. The predicted molar refractivity (Wildman–Crippen MR) is 82.5 cm³/mol. The number of ether oxygens (including phenoxy) is 1. The Hall–Kier alpha value is -1.32. The molecule has 1 saturated heterocycles. The first-order valence-electron chi connectivity index (χ1n) is 7.71. The Balaban J connectivity index is 2.72. The molecule has 0 unspecified atom stereocenters. The molecular formula is C14H22NO9P. The highest BCUT2D eigenvalue weighted by Crippen LogP contribution is 2.65. The first-order chi connectivity index (χ1) is 11.7. The summed E-state index contributed by atoms with van der Waals surface area (Å²) in [6.45, 7) is 0. The number of rotatable bonds is 5. The van der Waals surface area contributed by atoms with E-state index in [2.05, 4.69) is 0 Å². The summed E-state index contributed by atoms with van der Waals surface area (Å²) < 4.78 is 28.0. The van der Waals surface area contributed by atoms with Gasteiger partial charge in [-0.2, -0.15) is 0 Å². The van der Waals surface area contributed by atoms with Crippen molar-refractivity contribution in [3.63, 3.8) is 0 Å². The Morgan fingerprint density at radius 3 is 2.12 bits per heavy atom. The highest BCUT2D eigenvalue weighted by molar-refractivity contribution is 7.56. The van der Waals surface area contributed by atoms with Crippen LogP contribution in [0.25, 0.3) is 0 Å². The number of esters is 1. The molecule has 142 valence electrons. The maximum atomic E-state index is 13.3. The van der Waals surface area contributed by atoms with Gasteiger partial charge in [0.25, 0.3) is 0 Å². The highest BCUT2D eigenvalue weighted by atomic mass is 31.2. The van der Waals surface area contributed by atoms with Gasteiger partial charge >= 0.3 is 13.6 Å². The van der Waals surface area contributed by atoms with Gasteiger partial charge in [0, 0.05) is 27.1 Å². The molecule has 0 aromatic heterocycles. The van der Waals surface area contributed by atoms with Crippen LogP contribution in [0.5, 0.6) is 0 Å². The zero-order chi connectivity index (χ0) is 19.0. The third kappa shape index (κ3) is 2.82. The molecule has 0 aromatic carbocycles. The average Bonchev–Trinajstić information content (AvgIpc) is 2.94. The van der Waals surface area contributed by atoms with Gasteiger partial charge in [-0.25, -0.2) is 0 Å². The second-order valence-electron chi connectivity index (χ2n) is 5.98. The summed E-state index contributed by atoms with van der Waals surface area (Å²) in [5, 5.41) is 18.4. The van der Waals surface area contributed by atoms with Crippen LogP contribution in [0.4, 0.5) is 0 Å². The first-order valence-corrected chi connectivity index (χ1v) is 9.25. The molecule has 2 rings (SSSR count). The molecule has 0 aromatic rings. The van der Waals surface area contributed by atoms with Gasteiger partial charge in [-0.1, -0.05) is 0 Å². The van der Waals surface area contributed by atoms with Crippen molar-refractivity contribution in [1.29, 1.82) is 0 Å². The number of aliphatic hydroxyl groups excluding tert-OH is 2. The van der Waals surface area contributed by atoms with Gasteiger partial charge in [0.15, 0.2) is 5.16 Å². The third-order valence-electron chi connectivity index (χ3n) is 4.90. The van der Waals surface area contributed by atoms with Crippen LogP contribution in [0.3, 0.4) is 0 Å². The van der Waals surface area contributed by atoms with Crippen LogP contribution in [0.2, 0.25) is 0 Å². The number of carbonyl (C=O) groups is 3. The second kappa shape index (κ2) is 7.13. The Labute approximate surface area is 144 Å². The number of imide groups is 1. The van der Waals surface area contributed by atoms with Gasteiger partial charge in [0.05, 0.1) is 19.3 Å². The molecule has 1 saturated carbocycles. The van der Waals surface area contributed by atoms with E-state index in [1.54, 1.807) is 0 Å². The molecule has 4 atom stereocenters.